The second-order valence-electron chi connectivity index (χ2n) is 15.3. The zero-order valence-electron chi connectivity index (χ0n) is 37.2. The maximum absolute atomic E-state index is 13.0. The molecule has 0 bridgehead atoms. The average Bonchev–Trinajstić information content (AvgIpc) is 3.31. The fourth-order valence-corrected chi connectivity index (χ4v) is 6.84. The molecule has 0 saturated heterocycles. The van der Waals surface area contributed by atoms with Crippen molar-refractivity contribution in [2.45, 2.75) is 77.3 Å². The van der Waals surface area contributed by atoms with Crippen LogP contribution in [0, 0.1) is 0 Å². The van der Waals surface area contributed by atoms with Gasteiger partial charge in [-0.2, -0.15) is 0 Å². The largest absolute Gasteiger partial charge is 0.494 e. The van der Waals surface area contributed by atoms with Gasteiger partial charge in [0.25, 0.3) is 0 Å². The number of para-hydroxylation sites is 2. The molecule has 344 valence electrons. The monoisotopic (exact) mass is 872 g/mol. The quantitative estimate of drug-likeness (QED) is 0.0722. The van der Waals surface area contributed by atoms with Gasteiger partial charge in [-0.3, -0.25) is 0 Å². The molecule has 5 rings (SSSR count). The van der Waals surface area contributed by atoms with E-state index in [4.69, 9.17) is 47.4 Å². The second-order valence-corrected chi connectivity index (χ2v) is 15.3. The molecule has 2 N–H and O–H groups in total. The Kier molecular flexibility index (Phi) is 24.9. The van der Waals surface area contributed by atoms with Gasteiger partial charge in [-0.15, -0.1) is 0 Å². The molecule has 4 aromatic carbocycles. The van der Waals surface area contributed by atoms with E-state index in [9.17, 15) is 4.79 Å². The predicted molar refractivity (Wildman–Crippen MR) is 242 cm³/mol. The van der Waals surface area contributed by atoms with Crippen LogP contribution < -0.4 is 29.0 Å². The van der Waals surface area contributed by atoms with Crippen LogP contribution in [0.4, 0.5) is 0 Å². The summed E-state index contributed by atoms with van der Waals surface area (Å²) in [6.45, 7) is 7.62. The molecule has 12 nitrogen and oxygen atoms in total. The molecule has 12 heteroatoms. The molecule has 0 amide bonds. The minimum Gasteiger partial charge on any atom is -0.494 e. The van der Waals surface area contributed by atoms with E-state index in [2.05, 4.69) is 59.9 Å². The van der Waals surface area contributed by atoms with Crippen molar-refractivity contribution in [3.63, 3.8) is 0 Å². The molecule has 63 heavy (non-hydrogen) atoms. The van der Waals surface area contributed by atoms with E-state index >= 15 is 0 Å². The highest BCUT2D eigenvalue weighted by Gasteiger charge is 2.14. The van der Waals surface area contributed by atoms with E-state index in [1.165, 1.54) is 49.7 Å². The van der Waals surface area contributed by atoms with E-state index in [1.807, 2.05) is 24.3 Å². The molecule has 1 aliphatic heterocycles. The molecular weight excluding hydrogens is 803 g/mol. The lowest BCUT2D eigenvalue weighted by atomic mass is 10.1. The van der Waals surface area contributed by atoms with Gasteiger partial charge in [0, 0.05) is 11.1 Å². The molecule has 1 heterocycles. The van der Waals surface area contributed by atoms with Crippen molar-refractivity contribution in [3.8, 4) is 28.7 Å². The van der Waals surface area contributed by atoms with Crippen LogP contribution in [0.1, 0.15) is 85.7 Å². The minimum absolute atomic E-state index is 0.267. The highest BCUT2D eigenvalue weighted by Crippen LogP contribution is 2.29. The summed E-state index contributed by atoms with van der Waals surface area (Å²) < 4.78 is 58.0. The lowest BCUT2D eigenvalue weighted by Gasteiger charge is -2.15. The molecular formula is C51H70NO11+. The Morgan fingerprint density at radius 2 is 0.857 bits per heavy atom. The van der Waals surface area contributed by atoms with Crippen LogP contribution in [0.5, 0.6) is 28.7 Å². The maximum atomic E-state index is 13.0. The zero-order valence-corrected chi connectivity index (χ0v) is 37.2. The number of hydrogen-bond acceptors (Lipinski definition) is 11. The van der Waals surface area contributed by atoms with E-state index in [0.29, 0.717) is 108 Å². The van der Waals surface area contributed by atoms with Crippen LogP contribution in [-0.4, -0.2) is 98.5 Å². The molecule has 0 unspecified atom stereocenters. The van der Waals surface area contributed by atoms with Gasteiger partial charge >= 0.3 is 5.97 Å². The lowest BCUT2D eigenvalue weighted by Crippen LogP contribution is -2.80. The van der Waals surface area contributed by atoms with E-state index in [-0.39, 0.29) is 12.6 Å². The summed E-state index contributed by atoms with van der Waals surface area (Å²) >= 11 is 0. The number of esters is 1. The summed E-state index contributed by atoms with van der Waals surface area (Å²) in [6, 6.07) is 31.7. The first-order valence-electron chi connectivity index (χ1n) is 23.0. The standard InChI is InChI=1S/C51H69NO11/c53-51(63-27-15-8-6-4-2-1-3-5-7-14-26-58-46-23-20-44(21-24-46)42-52-41-43-16-10-9-11-17-43)45-22-25-49-50(40-45)62-39-35-57-31-30-55-33-37-60-48-19-13-12-18-47(48)59-36-32-54-28-29-56-34-38-61-49/h9-13,16-25,40,52H,1-8,14-15,26-39,41-42H2/p+1. The summed E-state index contributed by atoms with van der Waals surface area (Å²) in [5.41, 5.74) is 3.07. The Balaban J connectivity index is 0.882. The number of ether oxygens (including phenoxy) is 10. The minimum atomic E-state index is -0.382. The maximum Gasteiger partial charge on any atom is 0.338 e. The van der Waals surface area contributed by atoms with Crippen LogP contribution >= 0.6 is 0 Å². The van der Waals surface area contributed by atoms with Gasteiger partial charge < -0.3 is 52.7 Å². The number of fused-ring (bicyclic) bond motifs is 2. The molecule has 0 fully saturated rings. The van der Waals surface area contributed by atoms with E-state index < -0.39 is 0 Å². The number of benzene rings is 4. The molecule has 0 saturated carbocycles. The highest BCUT2D eigenvalue weighted by atomic mass is 16.6. The van der Waals surface area contributed by atoms with Crippen LogP contribution in [0.15, 0.2) is 97.1 Å². The average molecular weight is 873 g/mol. The number of hydrogen-bond donors (Lipinski definition) is 1. The topological polar surface area (TPSA) is 126 Å². The van der Waals surface area contributed by atoms with E-state index in [0.717, 1.165) is 51.1 Å². The van der Waals surface area contributed by atoms with Gasteiger partial charge in [-0.1, -0.05) is 93.8 Å². The Bertz CT molecular complexity index is 1780. The molecule has 0 atom stereocenters. The van der Waals surface area contributed by atoms with Crippen molar-refractivity contribution >= 4 is 5.97 Å². The second kappa shape index (κ2) is 31.9. The van der Waals surface area contributed by atoms with Crippen molar-refractivity contribution < 1.29 is 57.5 Å². The molecule has 0 spiro atoms. The number of carbonyl (C=O) groups is 1. The Morgan fingerprint density at radius 1 is 0.429 bits per heavy atom. The third-order valence-electron chi connectivity index (χ3n) is 10.3. The van der Waals surface area contributed by atoms with Gasteiger partial charge in [-0.25, -0.2) is 4.79 Å². The number of nitrogens with two attached hydrogens (primary N) is 1. The fourth-order valence-electron chi connectivity index (χ4n) is 6.84. The van der Waals surface area contributed by atoms with Crippen LogP contribution in [0.25, 0.3) is 0 Å². The molecule has 0 aliphatic carbocycles. The summed E-state index contributed by atoms with van der Waals surface area (Å²) in [7, 11) is 0. The first-order chi connectivity index (χ1) is 31.2. The van der Waals surface area contributed by atoms with Gasteiger partial charge in [0.1, 0.15) is 45.3 Å². The van der Waals surface area contributed by atoms with Crippen molar-refractivity contribution in [2.75, 3.05) is 92.5 Å². The number of quaternary nitrogens is 1. The SMILES string of the molecule is O=C(OCCCCCCCCCCCCOc1ccc(C[NH2+]Cc2ccccc2)cc1)c1ccc2c(c1)OCCOCCOCCOc1ccccc1OCCOCCOCCO2. The van der Waals surface area contributed by atoms with Crippen molar-refractivity contribution in [1.82, 2.24) is 0 Å². The smallest absolute Gasteiger partial charge is 0.338 e. The van der Waals surface area contributed by atoms with E-state index in [1.54, 1.807) is 18.2 Å². The predicted octanol–water partition coefficient (Wildman–Crippen LogP) is 8.38. The first-order valence-corrected chi connectivity index (χ1v) is 23.0. The van der Waals surface area contributed by atoms with Gasteiger partial charge in [0.2, 0.25) is 0 Å². The van der Waals surface area contributed by atoms with Gasteiger partial charge in [0.05, 0.1) is 71.6 Å². The summed E-state index contributed by atoms with van der Waals surface area (Å²) in [4.78, 5) is 13.0. The molecule has 1 aliphatic rings. The normalized spacial score (nSPS) is 14.9. The van der Waals surface area contributed by atoms with Gasteiger partial charge in [0.15, 0.2) is 23.0 Å². The molecule has 0 aromatic heterocycles. The summed E-state index contributed by atoms with van der Waals surface area (Å²) in [5.74, 6) is 2.84. The Labute approximate surface area is 374 Å². The third-order valence-corrected chi connectivity index (χ3v) is 10.3. The highest BCUT2D eigenvalue weighted by molar-refractivity contribution is 5.90. The number of unbranched alkanes of at least 4 members (excludes halogenated alkanes) is 9. The van der Waals surface area contributed by atoms with Crippen molar-refractivity contribution in [1.29, 1.82) is 0 Å². The van der Waals surface area contributed by atoms with Gasteiger partial charge in [-0.05, 0) is 67.4 Å². The van der Waals surface area contributed by atoms with Crippen molar-refractivity contribution in [2.24, 2.45) is 0 Å². The fraction of sp³-hybridized carbons (Fsp3) is 0.510. The summed E-state index contributed by atoms with van der Waals surface area (Å²) in [6.07, 6.45) is 11.5. The number of carbonyl (C=O) groups excluding carboxylic acids is 1. The first kappa shape index (κ1) is 49.2. The van der Waals surface area contributed by atoms with Crippen molar-refractivity contribution in [3.05, 3.63) is 114 Å². The van der Waals surface area contributed by atoms with Crippen LogP contribution in [-0.2, 0) is 36.8 Å². The molecule has 0 radical (unpaired) electrons. The number of rotatable bonds is 19. The Morgan fingerprint density at radius 3 is 1.40 bits per heavy atom. The zero-order chi connectivity index (χ0) is 43.7. The molecule has 4 aromatic rings. The Hall–Kier alpha value is -4.85. The third kappa shape index (κ3) is 21.4. The summed E-state index contributed by atoms with van der Waals surface area (Å²) in [5, 5.41) is 2.33. The lowest BCUT2D eigenvalue weighted by molar-refractivity contribution is -0.686. The van der Waals surface area contributed by atoms with Crippen LogP contribution in [0.3, 0.4) is 0 Å². The van der Waals surface area contributed by atoms with Crippen LogP contribution in [0.2, 0.25) is 0 Å².